The predicted octanol–water partition coefficient (Wildman–Crippen LogP) is -0.309. The van der Waals surface area contributed by atoms with Crippen molar-refractivity contribution in [1.82, 2.24) is 78.1 Å². The van der Waals surface area contributed by atoms with Crippen molar-refractivity contribution >= 4 is 53.2 Å². The number of unbranched alkanes of at least 4 members (excludes halogenated alkanes) is 13. The lowest BCUT2D eigenvalue weighted by molar-refractivity contribution is -0.135. The van der Waals surface area contributed by atoms with E-state index in [0.29, 0.717) is 37.2 Å². The van der Waals surface area contributed by atoms with E-state index in [1.54, 1.807) is 18.2 Å². The highest BCUT2D eigenvalue weighted by atomic mass is 16.5. The summed E-state index contributed by atoms with van der Waals surface area (Å²) in [6, 6.07) is -1.83. The number of aromatic amines is 2. The Morgan fingerprint density at radius 2 is 1.21 bits per heavy atom. The van der Waals surface area contributed by atoms with Gasteiger partial charge >= 0.3 is 0 Å². The highest BCUT2D eigenvalue weighted by molar-refractivity contribution is 5.97. The molecule has 3 heterocycles. The number of carbonyl (C=O) groups is 9. The van der Waals surface area contributed by atoms with Crippen LogP contribution in [0.2, 0.25) is 0 Å². The summed E-state index contributed by atoms with van der Waals surface area (Å²) in [7, 11) is 1.44. The summed E-state index contributed by atoms with van der Waals surface area (Å²) in [5, 5.41) is 44.3. The summed E-state index contributed by atoms with van der Waals surface area (Å²) in [5.74, 6) is -5.56. The first-order valence-corrected chi connectivity index (χ1v) is 28.6. The molecule has 9 amide bonds. The molecule has 3 aromatic heterocycles. The molecule has 3 rings (SSSR count). The molecule has 82 heavy (non-hydrogen) atoms. The average Bonchev–Trinajstić information content (AvgIpc) is 4.30. The van der Waals surface area contributed by atoms with Gasteiger partial charge in [0.05, 0.1) is 45.0 Å². The number of imidazole rings is 1. The molecule has 28 nitrogen and oxygen atoms in total. The molecule has 28 heteroatoms. The second-order valence-electron chi connectivity index (χ2n) is 19.8. The summed E-state index contributed by atoms with van der Waals surface area (Å²) < 4.78 is 10.8. The Bertz CT molecular complexity index is 2310. The maximum absolute atomic E-state index is 14.2. The number of aromatic nitrogens is 7. The minimum atomic E-state index is -1.64. The number of H-pyrrole nitrogens is 2. The van der Waals surface area contributed by atoms with Gasteiger partial charge in [-0.3, -0.25) is 48.1 Å². The van der Waals surface area contributed by atoms with E-state index < -0.39 is 104 Å². The summed E-state index contributed by atoms with van der Waals surface area (Å²) >= 11 is 0. The lowest BCUT2D eigenvalue weighted by Gasteiger charge is -2.27. The number of tetrazole rings is 1. The van der Waals surface area contributed by atoms with Crippen molar-refractivity contribution in [3.05, 3.63) is 54.1 Å². The molecule has 0 spiro atoms. The number of aryl methyl sites for hydroxylation is 1. The van der Waals surface area contributed by atoms with Crippen LogP contribution in [-0.2, 0) is 71.9 Å². The van der Waals surface area contributed by atoms with Crippen LogP contribution in [0.25, 0.3) is 0 Å². The Morgan fingerprint density at radius 3 is 1.78 bits per heavy atom. The van der Waals surface area contributed by atoms with Crippen LogP contribution in [0.1, 0.15) is 146 Å². The average molecular weight is 1150 g/mol. The van der Waals surface area contributed by atoms with Crippen molar-refractivity contribution in [3.8, 4) is 0 Å². The quantitative estimate of drug-likeness (QED) is 0.0323. The first-order chi connectivity index (χ1) is 39.7. The SMILES string of the molecule is CCCC[C@H](NC(=O)[C@H](Cc1ccccn1)NC(=O)[C@H](Cc1c[nH]cn1)NC(=O)[C@H](CCC(N)=O)NC(=O)[C@H](CO)NC(=O)CNC(=O)COCCOCCNC(=O)CCCCCCCCCCCCCCCc1nnn[nH]1)C(=O)NC. The van der Waals surface area contributed by atoms with Crippen molar-refractivity contribution in [2.75, 3.05) is 53.2 Å². The number of primary amides is 1. The van der Waals surface area contributed by atoms with Gasteiger partial charge < -0.3 is 67.8 Å². The van der Waals surface area contributed by atoms with E-state index in [2.05, 4.69) is 78.1 Å². The minimum Gasteiger partial charge on any atom is -0.394 e. The third kappa shape index (κ3) is 30.9. The fraction of sp³-hybridized carbons (Fsp3) is 0.667. The van der Waals surface area contributed by atoms with E-state index in [1.165, 1.54) is 83.6 Å². The second kappa shape index (κ2) is 42.4. The van der Waals surface area contributed by atoms with Gasteiger partial charge in [0.15, 0.2) is 0 Å². The van der Waals surface area contributed by atoms with Crippen molar-refractivity contribution in [1.29, 1.82) is 0 Å². The number of rotatable bonds is 47. The number of ether oxygens (including phenoxy) is 2. The minimum absolute atomic E-state index is 0.0336. The number of amides is 9. The van der Waals surface area contributed by atoms with Crippen LogP contribution in [-0.4, -0.2) is 177 Å². The normalized spacial score (nSPS) is 12.9. The first-order valence-electron chi connectivity index (χ1n) is 28.6. The zero-order valence-electron chi connectivity index (χ0n) is 47.6. The first kappa shape index (κ1) is 68.8. The molecule has 0 aromatic carbocycles. The van der Waals surface area contributed by atoms with Gasteiger partial charge in [0.25, 0.3) is 0 Å². The number of nitrogens with two attached hydrogens (primary N) is 1. The highest BCUT2D eigenvalue weighted by Crippen LogP contribution is 2.14. The number of nitrogens with zero attached hydrogens (tertiary/aromatic N) is 5. The van der Waals surface area contributed by atoms with Gasteiger partial charge in [-0.1, -0.05) is 96.5 Å². The lowest BCUT2D eigenvalue weighted by atomic mass is 10.0. The molecular formula is C54H88N16O12. The Balaban J connectivity index is 1.36. The zero-order chi connectivity index (χ0) is 59.6. The molecule has 13 N–H and O–H groups in total. The number of hydrogen-bond donors (Lipinski definition) is 12. The predicted molar refractivity (Wildman–Crippen MR) is 299 cm³/mol. The number of aliphatic hydroxyl groups is 1. The molecule has 0 aliphatic rings. The highest BCUT2D eigenvalue weighted by Gasteiger charge is 2.33. The van der Waals surface area contributed by atoms with Crippen LogP contribution >= 0.6 is 0 Å². The van der Waals surface area contributed by atoms with Crippen molar-refractivity contribution in [3.63, 3.8) is 0 Å². The fourth-order valence-electron chi connectivity index (χ4n) is 8.47. The van der Waals surface area contributed by atoms with Gasteiger partial charge in [-0.2, -0.15) is 0 Å². The Labute approximate surface area is 479 Å². The van der Waals surface area contributed by atoms with Crippen LogP contribution < -0.4 is 48.3 Å². The maximum atomic E-state index is 14.2. The molecule has 0 fully saturated rings. The molecule has 5 atom stereocenters. The van der Waals surface area contributed by atoms with Crippen LogP contribution in [0, 0.1) is 0 Å². The van der Waals surface area contributed by atoms with E-state index in [9.17, 15) is 48.3 Å². The standard InChI is InChI=1S/C54H88N16O12/c1-3-4-21-40(50(76)56-2)63-52(78)42(31-38-20-18-19-26-58-38)66-53(79)43(32-39-33-57-37-61-39)65-51(77)41(24-25-45(55)72)64-54(80)44(35-71)62-48(74)34-60-49(75)36-82-30-29-81-28-27-59-47(73)23-17-15-13-11-9-7-5-6-8-10-12-14-16-22-46-67-69-70-68-46/h18-20,26,33,37,40-44,71H,3-17,21-25,27-32,34-36H2,1-2H3,(H2,55,72)(H,56,76)(H,57,61)(H,59,73)(H,60,75)(H,62,74)(H,63,78)(H,64,80)(H,65,77)(H,66,79)(H,67,68,69,70)/t40-,41-,42-,43-,44-/m0/s1. The molecule has 0 bridgehead atoms. The topological polar surface area (TPSA) is 411 Å². The number of carbonyl (C=O) groups excluding carboxylic acids is 9. The molecule has 0 saturated carbocycles. The smallest absolute Gasteiger partial charge is 0.246 e. The fourth-order valence-corrected chi connectivity index (χ4v) is 8.47. The maximum Gasteiger partial charge on any atom is 0.246 e. The third-order valence-corrected chi connectivity index (χ3v) is 13.1. The Morgan fingerprint density at radius 1 is 0.610 bits per heavy atom. The lowest BCUT2D eigenvalue weighted by Crippen LogP contribution is -2.60. The monoisotopic (exact) mass is 1150 g/mol. The van der Waals surface area contributed by atoms with E-state index in [0.717, 1.165) is 44.3 Å². The third-order valence-electron chi connectivity index (χ3n) is 13.1. The summed E-state index contributed by atoms with van der Waals surface area (Å²) in [5.41, 5.74) is 6.14. The van der Waals surface area contributed by atoms with Crippen LogP contribution in [0.4, 0.5) is 0 Å². The number of pyridine rings is 1. The van der Waals surface area contributed by atoms with Crippen LogP contribution in [0.3, 0.4) is 0 Å². The van der Waals surface area contributed by atoms with Gasteiger partial charge in [0, 0.05) is 63.8 Å². The Kier molecular flexibility index (Phi) is 35.6. The van der Waals surface area contributed by atoms with Crippen LogP contribution in [0.15, 0.2) is 36.9 Å². The van der Waals surface area contributed by atoms with Crippen molar-refractivity contribution in [2.24, 2.45) is 5.73 Å². The molecule has 0 saturated heterocycles. The Hall–Kier alpha value is -7.46. The summed E-state index contributed by atoms with van der Waals surface area (Å²) in [4.78, 5) is 129. The number of hydrogen-bond acceptors (Lipinski definition) is 17. The van der Waals surface area contributed by atoms with E-state index >= 15 is 0 Å². The van der Waals surface area contributed by atoms with E-state index in [4.69, 9.17) is 15.2 Å². The molecule has 0 aliphatic heterocycles. The van der Waals surface area contributed by atoms with Gasteiger partial charge in [-0.25, -0.2) is 10.1 Å². The van der Waals surface area contributed by atoms with Gasteiger partial charge in [-0.05, 0) is 48.2 Å². The van der Waals surface area contributed by atoms with E-state index in [1.807, 2.05) is 6.92 Å². The summed E-state index contributed by atoms with van der Waals surface area (Å²) in [6.07, 6.45) is 21.6. The molecule has 3 aromatic rings. The van der Waals surface area contributed by atoms with E-state index in [-0.39, 0.29) is 45.0 Å². The second-order valence-corrected chi connectivity index (χ2v) is 19.8. The molecule has 0 radical (unpaired) electrons. The van der Waals surface area contributed by atoms with Gasteiger partial charge in [0.2, 0.25) is 53.2 Å². The number of likely N-dealkylation sites (N-methyl/N-ethyl adjacent to an activating group) is 1. The number of aliphatic hydroxyl groups excluding tert-OH is 1. The molecule has 0 aliphatic carbocycles. The largest absolute Gasteiger partial charge is 0.394 e. The van der Waals surface area contributed by atoms with Crippen molar-refractivity contribution in [2.45, 2.75) is 178 Å². The zero-order valence-corrected chi connectivity index (χ0v) is 47.6. The molecule has 456 valence electrons. The summed E-state index contributed by atoms with van der Waals surface area (Å²) in [6.45, 7) is 0.722. The van der Waals surface area contributed by atoms with Crippen molar-refractivity contribution < 1.29 is 57.7 Å². The molecule has 0 unspecified atom stereocenters. The molecular weight excluding hydrogens is 1060 g/mol. The van der Waals surface area contributed by atoms with Gasteiger partial charge in [-0.15, -0.1) is 5.10 Å². The number of nitrogens with one attached hydrogen (secondary N) is 10. The van der Waals surface area contributed by atoms with Gasteiger partial charge in [0.1, 0.15) is 42.6 Å². The van der Waals surface area contributed by atoms with Crippen LogP contribution in [0.5, 0.6) is 0 Å².